The van der Waals surface area contributed by atoms with Crippen LogP contribution >= 0.6 is 0 Å². The summed E-state index contributed by atoms with van der Waals surface area (Å²) in [5.74, 6) is 3.32. The molecule has 102 valence electrons. The SMILES string of the molecule is CCCC1CCC(CN)C(n2nc(C)nc2C)C1. The first-order valence-electron chi connectivity index (χ1n) is 7.25. The summed E-state index contributed by atoms with van der Waals surface area (Å²) in [5.41, 5.74) is 5.95. The summed E-state index contributed by atoms with van der Waals surface area (Å²) < 4.78 is 2.13. The molecule has 0 saturated heterocycles. The van der Waals surface area contributed by atoms with Crippen molar-refractivity contribution in [2.45, 2.75) is 58.9 Å². The number of hydrogen-bond acceptors (Lipinski definition) is 3. The molecule has 4 nitrogen and oxygen atoms in total. The van der Waals surface area contributed by atoms with Crippen LogP contribution in [0, 0.1) is 25.7 Å². The number of nitrogens with two attached hydrogens (primary N) is 1. The number of nitrogens with zero attached hydrogens (tertiary/aromatic N) is 3. The lowest BCUT2D eigenvalue weighted by Crippen LogP contribution is -2.33. The van der Waals surface area contributed by atoms with Gasteiger partial charge in [0.2, 0.25) is 0 Å². The van der Waals surface area contributed by atoms with E-state index in [0.717, 1.165) is 24.1 Å². The Bertz CT molecular complexity index is 385. The Balaban J connectivity index is 2.18. The molecule has 0 radical (unpaired) electrons. The third-order valence-corrected chi connectivity index (χ3v) is 4.29. The fraction of sp³-hybridized carbons (Fsp3) is 0.857. The third-order valence-electron chi connectivity index (χ3n) is 4.29. The van der Waals surface area contributed by atoms with Crippen molar-refractivity contribution in [3.05, 3.63) is 11.6 Å². The predicted octanol–water partition coefficient (Wildman–Crippen LogP) is 2.61. The van der Waals surface area contributed by atoms with Crippen molar-refractivity contribution in [1.29, 1.82) is 0 Å². The first-order chi connectivity index (χ1) is 8.65. The van der Waals surface area contributed by atoms with Crippen LogP contribution in [0.2, 0.25) is 0 Å². The number of aryl methyl sites for hydroxylation is 2. The average Bonchev–Trinajstić information content (AvgIpc) is 2.69. The molecule has 1 aliphatic carbocycles. The van der Waals surface area contributed by atoms with Crippen molar-refractivity contribution in [3.8, 4) is 0 Å². The van der Waals surface area contributed by atoms with Gasteiger partial charge in [-0.05, 0) is 51.5 Å². The Morgan fingerprint density at radius 1 is 1.33 bits per heavy atom. The van der Waals surface area contributed by atoms with E-state index in [4.69, 9.17) is 5.73 Å². The molecule has 2 N–H and O–H groups in total. The minimum atomic E-state index is 0.460. The molecule has 18 heavy (non-hydrogen) atoms. The molecule has 0 aromatic carbocycles. The zero-order chi connectivity index (χ0) is 13.1. The van der Waals surface area contributed by atoms with Crippen molar-refractivity contribution in [1.82, 2.24) is 14.8 Å². The molecule has 1 aliphatic rings. The zero-order valence-corrected chi connectivity index (χ0v) is 11.9. The fourth-order valence-electron chi connectivity index (χ4n) is 3.39. The largest absolute Gasteiger partial charge is 0.330 e. The fourth-order valence-corrected chi connectivity index (χ4v) is 3.39. The van der Waals surface area contributed by atoms with E-state index in [0.29, 0.717) is 12.0 Å². The van der Waals surface area contributed by atoms with Crippen molar-refractivity contribution in [2.75, 3.05) is 6.54 Å². The lowest BCUT2D eigenvalue weighted by molar-refractivity contribution is 0.166. The van der Waals surface area contributed by atoms with Crippen LogP contribution in [0.4, 0.5) is 0 Å². The molecule has 0 aliphatic heterocycles. The molecule has 4 heteroatoms. The Kier molecular flexibility index (Phi) is 4.38. The number of aromatic nitrogens is 3. The molecule has 1 heterocycles. The monoisotopic (exact) mass is 250 g/mol. The molecule has 3 unspecified atom stereocenters. The van der Waals surface area contributed by atoms with Crippen molar-refractivity contribution in [2.24, 2.45) is 17.6 Å². The Hall–Kier alpha value is -0.900. The molecule has 1 saturated carbocycles. The molecule has 1 aromatic rings. The molecule has 0 amide bonds. The van der Waals surface area contributed by atoms with Crippen LogP contribution < -0.4 is 5.73 Å². The predicted molar refractivity (Wildman–Crippen MR) is 73.3 cm³/mol. The van der Waals surface area contributed by atoms with Gasteiger partial charge in [0.15, 0.2) is 0 Å². The lowest BCUT2D eigenvalue weighted by Gasteiger charge is -2.36. The highest BCUT2D eigenvalue weighted by molar-refractivity contribution is 4.94. The van der Waals surface area contributed by atoms with Crippen LogP contribution in [0.5, 0.6) is 0 Å². The van der Waals surface area contributed by atoms with Crippen LogP contribution in [0.3, 0.4) is 0 Å². The Morgan fingerprint density at radius 3 is 2.67 bits per heavy atom. The van der Waals surface area contributed by atoms with Gasteiger partial charge in [0.05, 0.1) is 6.04 Å². The topological polar surface area (TPSA) is 56.7 Å². The number of hydrogen-bond donors (Lipinski definition) is 1. The second kappa shape index (κ2) is 5.83. The van der Waals surface area contributed by atoms with Gasteiger partial charge >= 0.3 is 0 Å². The summed E-state index contributed by atoms with van der Waals surface area (Å²) in [6, 6.07) is 0.460. The van der Waals surface area contributed by atoms with Gasteiger partial charge in [0.25, 0.3) is 0 Å². The number of rotatable bonds is 4. The van der Waals surface area contributed by atoms with Gasteiger partial charge in [-0.25, -0.2) is 9.67 Å². The second-order valence-electron chi connectivity index (χ2n) is 5.68. The summed E-state index contributed by atoms with van der Waals surface area (Å²) in [6.45, 7) is 7.06. The second-order valence-corrected chi connectivity index (χ2v) is 5.68. The van der Waals surface area contributed by atoms with Crippen molar-refractivity contribution in [3.63, 3.8) is 0 Å². The van der Waals surface area contributed by atoms with E-state index in [1.54, 1.807) is 0 Å². The summed E-state index contributed by atoms with van der Waals surface area (Å²) in [4.78, 5) is 4.44. The molecule has 2 rings (SSSR count). The molecule has 1 fully saturated rings. The highest BCUT2D eigenvalue weighted by Crippen LogP contribution is 2.38. The van der Waals surface area contributed by atoms with E-state index in [9.17, 15) is 0 Å². The van der Waals surface area contributed by atoms with Crippen LogP contribution in [0.15, 0.2) is 0 Å². The molecule has 0 spiro atoms. The molecule has 1 aromatic heterocycles. The van der Waals surface area contributed by atoms with E-state index in [1.807, 2.05) is 6.92 Å². The standard InChI is InChI=1S/C14H26N4/c1-4-5-12-6-7-13(9-15)14(8-12)18-11(3)16-10(2)17-18/h12-14H,4-9,15H2,1-3H3. The third kappa shape index (κ3) is 2.74. The van der Waals surface area contributed by atoms with Crippen LogP contribution in [0.1, 0.15) is 56.7 Å². The summed E-state index contributed by atoms with van der Waals surface area (Å²) in [6.07, 6.45) is 6.41. The van der Waals surface area contributed by atoms with Crippen molar-refractivity contribution < 1.29 is 0 Å². The van der Waals surface area contributed by atoms with Gasteiger partial charge in [-0.3, -0.25) is 0 Å². The van der Waals surface area contributed by atoms with E-state index in [2.05, 4.69) is 28.6 Å². The maximum absolute atomic E-state index is 5.95. The Labute approximate surface area is 110 Å². The van der Waals surface area contributed by atoms with E-state index >= 15 is 0 Å². The van der Waals surface area contributed by atoms with Crippen molar-refractivity contribution >= 4 is 0 Å². The van der Waals surface area contributed by atoms with E-state index in [1.165, 1.54) is 32.1 Å². The van der Waals surface area contributed by atoms with Crippen LogP contribution in [-0.2, 0) is 0 Å². The Morgan fingerprint density at radius 2 is 2.11 bits per heavy atom. The van der Waals surface area contributed by atoms with Gasteiger partial charge in [0.1, 0.15) is 11.6 Å². The average molecular weight is 250 g/mol. The minimum Gasteiger partial charge on any atom is -0.330 e. The molecular formula is C14H26N4. The van der Waals surface area contributed by atoms with Gasteiger partial charge in [0, 0.05) is 0 Å². The summed E-state index contributed by atoms with van der Waals surface area (Å²) in [7, 11) is 0. The first kappa shape index (κ1) is 13.5. The quantitative estimate of drug-likeness (QED) is 0.893. The smallest absolute Gasteiger partial charge is 0.147 e. The highest BCUT2D eigenvalue weighted by Gasteiger charge is 2.32. The zero-order valence-electron chi connectivity index (χ0n) is 11.9. The normalized spacial score (nSPS) is 28.6. The summed E-state index contributed by atoms with van der Waals surface area (Å²) in [5, 5.41) is 4.58. The molecular weight excluding hydrogens is 224 g/mol. The van der Waals surface area contributed by atoms with Gasteiger partial charge in [-0.2, -0.15) is 5.10 Å². The van der Waals surface area contributed by atoms with Crippen LogP contribution in [0.25, 0.3) is 0 Å². The maximum Gasteiger partial charge on any atom is 0.147 e. The van der Waals surface area contributed by atoms with Gasteiger partial charge < -0.3 is 5.73 Å². The van der Waals surface area contributed by atoms with Gasteiger partial charge in [-0.1, -0.05) is 19.8 Å². The molecule has 3 atom stereocenters. The van der Waals surface area contributed by atoms with Gasteiger partial charge in [-0.15, -0.1) is 0 Å². The highest BCUT2D eigenvalue weighted by atomic mass is 15.4. The van der Waals surface area contributed by atoms with E-state index < -0.39 is 0 Å². The summed E-state index contributed by atoms with van der Waals surface area (Å²) >= 11 is 0. The first-order valence-corrected chi connectivity index (χ1v) is 7.25. The van der Waals surface area contributed by atoms with E-state index in [-0.39, 0.29) is 0 Å². The van der Waals surface area contributed by atoms with Crippen LogP contribution in [-0.4, -0.2) is 21.3 Å². The lowest BCUT2D eigenvalue weighted by atomic mass is 9.76. The molecule has 0 bridgehead atoms. The minimum absolute atomic E-state index is 0.460. The maximum atomic E-state index is 5.95.